The van der Waals surface area contributed by atoms with Gasteiger partial charge in [-0.05, 0) is 6.07 Å². The van der Waals surface area contributed by atoms with Crippen LogP contribution in [0.25, 0.3) is 0 Å². The molecule has 1 aliphatic heterocycles. The van der Waals surface area contributed by atoms with Crippen molar-refractivity contribution in [2.24, 2.45) is 4.99 Å². The lowest BCUT2D eigenvalue weighted by molar-refractivity contribution is 0.960. The average molecular weight is 135 g/mol. The first kappa shape index (κ1) is 5.53. The van der Waals surface area contributed by atoms with Crippen molar-refractivity contribution in [2.75, 3.05) is 13.1 Å². The molecule has 0 fully saturated rings. The minimum absolute atomic E-state index is 0.903. The second-order valence-corrected chi connectivity index (χ2v) is 2.26. The van der Waals surface area contributed by atoms with Crippen LogP contribution >= 0.6 is 0 Å². The van der Waals surface area contributed by atoms with E-state index in [0.29, 0.717) is 0 Å². The fourth-order valence-corrected chi connectivity index (χ4v) is 1.06. The largest absolute Gasteiger partial charge is 0.368 e. The van der Waals surface area contributed by atoms with Gasteiger partial charge in [0.1, 0.15) is 5.84 Å². The number of aromatic amines is 1. The topological polar surface area (TPSA) is 40.2 Å². The summed E-state index contributed by atoms with van der Waals surface area (Å²) in [5, 5.41) is 3.19. The van der Waals surface area contributed by atoms with E-state index in [0.717, 1.165) is 24.5 Å². The van der Waals surface area contributed by atoms with Crippen LogP contribution in [0.15, 0.2) is 23.5 Å². The van der Waals surface area contributed by atoms with Crippen LogP contribution in [0.1, 0.15) is 5.56 Å². The van der Waals surface area contributed by atoms with Crippen molar-refractivity contribution >= 4 is 5.84 Å². The first-order chi connectivity index (χ1) is 4.97. The van der Waals surface area contributed by atoms with E-state index in [-0.39, 0.29) is 0 Å². The zero-order chi connectivity index (χ0) is 6.81. The van der Waals surface area contributed by atoms with Gasteiger partial charge in [0.2, 0.25) is 0 Å². The molecule has 2 N–H and O–H groups in total. The van der Waals surface area contributed by atoms with Gasteiger partial charge in [-0.25, -0.2) is 0 Å². The molecule has 0 unspecified atom stereocenters. The summed E-state index contributed by atoms with van der Waals surface area (Å²) in [6.07, 6.45) is 3.84. The minimum Gasteiger partial charge on any atom is -0.368 e. The number of nitrogens with one attached hydrogen (secondary N) is 2. The molecule has 0 aromatic carbocycles. The first-order valence-corrected chi connectivity index (χ1v) is 3.38. The Kier molecular flexibility index (Phi) is 1.20. The molecule has 0 spiro atoms. The maximum absolute atomic E-state index is 4.26. The van der Waals surface area contributed by atoms with Crippen LogP contribution < -0.4 is 5.32 Å². The van der Waals surface area contributed by atoms with Gasteiger partial charge in [-0.3, -0.25) is 4.99 Å². The first-order valence-electron chi connectivity index (χ1n) is 3.38. The van der Waals surface area contributed by atoms with Crippen LogP contribution in [-0.2, 0) is 0 Å². The van der Waals surface area contributed by atoms with E-state index in [1.54, 1.807) is 0 Å². The third-order valence-electron chi connectivity index (χ3n) is 1.55. The highest BCUT2D eigenvalue weighted by Crippen LogP contribution is 1.99. The number of nitrogens with zero attached hydrogens (tertiary/aromatic N) is 1. The van der Waals surface area contributed by atoms with Gasteiger partial charge in [0, 0.05) is 24.5 Å². The summed E-state index contributed by atoms with van der Waals surface area (Å²) in [4.78, 5) is 7.25. The number of hydrogen-bond donors (Lipinski definition) is 2. The van der Waals surface area contributed by atoms with E-state index in [1.165, 1.54) is 0 Å². The smallest absolute Gasteiger partial charge is 0.129 e. The Labute approximate surface area is 59.2 Å². The molecule has 1 aromatic rings. The second kappa shape index (κ2) is 2.17. The van der Waals surface area contributed by atoms with Crippen LogP contribution in [0.3, 0.4) is 0 Å². The molecule has 0 bridgehead atoms. The van der Waals surface area contributed by atoms with Gasteiger partial charge in [0.05, 0.1) is 6.54 Å². The summed E-state index contributed by atoms with van der Waals surface area (Å²) in [7, 11) is 0. The average Bonchev–Trinajstić information content (AvgIpc) is 2.59. The number of aliphatic imine (C=N–C) groups is 1. The van der Waals surface area contributed by atoms with Crippen LogP contribution in [0, 0.1) is 0 Å². The van der Waals surface area contributed by atoms with Gasteiger partial charge in [0.25, 0.3) is 0 Å². The van der Waals surface area contributed by atoms with Crippen molar-refractivity contribution in [1.82, 2.24) is 10.3 Å². The fourth-order valence-electron chi connectivity index (χ4n) is 1.06. The summed E-state index contributed by atoms with van der Waals surface area (Å²) in [5.74, 6) is 1.02. The van der Waals surface area contributed by atoms with Crippen molar-refractivity contribution in [2.45, 2.75) is 0 Å². The van der Waals surface area contributed by atoms with Gasteiger partial charge in [0.15, 0.2) is 0 Å². The Morgan fingerprint density at radius 1 is 1.50 bits per heavy atom. The van der Waals surface area contributed by atoms with Crippen LogP contribution in [-0.4, -0.2) is 23.9 Å². The molecule has 0 aliphatic carbocycles. The van der Waals surface area contributed by atoms with E-state index in [4.69, 9.17) is 0 Å². The number of rotatable bonds is 1. The van der Waals surface area contributed by atoms with Gasteiger partial charge in [-0.1, -0.05) is 0 Å². The molecule has 1 aromatic heterocycles. The molecule has 2 heterocycles. The van der Waals surface area contributed by atoms with Gasteiger partial charge >= 0.3 is 0 Å². The zero-order valence-corrected chi connectivity index (χ0v) is 5.59. The third kappa shape index (κ3) is 0.795. The molecule has 1 aliphatic rings. The summed E-state index contributed by atoms with van der Waals surface area (Å²) >= 11 is 0. The normalized spacial score (nSPS) is 16.6. The molecule has 0 saturated carbocycles. The molecule has 0 saturated heterocycles. The van der Waals surface area contributed by atoms with Crippen LogP contribution in [0.5, 0.6) is 0 Å². The Balaban J connectivity index is 2.28. The Bertz CT molecular complexity index is 235. The van der Waals surface area contributed by atoms with Crippen molar-refractivity contribution in [3.05, 3.63) is 24.0 Å². The predicted molar refractivity (Wildman–Crippen MR) is 40.2 cm³/mol. The van der Waals surface area contributed by atoms with Crippen molar-refractivity contribution in [3.63, 3.8) is 0 Å². The number of amidine groups is 1. The Morgan fingerprint density at radius 3 is 3.10 bits per heavy atom. The number of H-pyrrole nitrogens is 1. The van der Waals surface area contributed by atoms with E-state index >= 15 is 0 Å². The van der Waals surface area contributed by atoms with Crippen molar-refractivity contribution < 1.29 is 0 Å². The molecule has 0 atom stereocenters. The van der Waals surface area contributed by atoms with Crippen LogP contribution in [0.2, 0.25) is 0 Å². The summed E-state index contributed by atoms with van der Waals surface area (Å²) in [5.41, 5.74) is 1.15. The van der Waals surface area contributed by atoms with E-state index in [2.05, 4.69) is 15.3 Å². The maximum Gasteiger partial charge on any atom is 0.129 e. The highest BCUT2D eigenvalue weighted by atomic mass is 15.1. The maximum atomic E-state index is 4.26. The van der Waals surface area contributed by atoms with Crippen molar-refractivity contribution in [1.29, 1.82) is 0 Å². The predicted octanol–water partition coefficient (Wildman–Crippen LogP) is 0.365. The summed E-state index contributed by atoms with van der Waals surface area (Å²) in [6.45, 7) is 1.88. The number of aromatic nitrogens is 1. The molecular weight excluding hydrogens is 126 g/mol. The van der Waals surface area contributed by atoms with Crippen LogP contribution in [0.4, 0.5) is 0 Å². The minimum atomic E-state index is 0.903. The monoisotopic (exact) mass is 135 g/mol. The molecule has 3 nitrogen and oxygen atoms in total. The zero-order valence-electron chi connectivity index (χ0n) is 5.59. The lowest BCUT2D eigenvalue weighted by atomic mass is 10.3. The highest BCUT2D eigenvalue weighted by molar-refractivity contribution is 5.99. The SMILES string of the molecule is c1cc(C2=NCCN2)c[nH]1. The highest BCUT2D eigenvalue weighted by Gasteiger charge is 2.06. The summed E-state index contributed by atoms with van der Waals surface area (Å²) in [6, 6.07) is 2.01. The van der Waals surface area contributed by atoms with E-state index in [1.807, 2.05) is 18.5 Å². The quantitative estimate of drug-likeness (QED) is 0.573. The Morgan fingerprint density at radius 2 is 2.50 bits per heavy atom. The Hall–Kier alpha value is -1.25. The fraction of sp³-hybridized carbons (Fsp3) is 0.286. The van der Waals surface area contributed by atoms with Gasteiger partial charge in [-0.15, -0.1) is 0 Å². The molecule has 10 heavy (non-hydrogen) atoms. The van der Waals surface area contributed by atoms with Gasteiger partial charge < -0.3 is 10.3 Å². The van der Waals surface area contributed by atoms with E-state index in [9.17, 15) is 0 Å². The molecule has 3 heteroatoms. The van der Waals surface area contributed by atoms with Gasteiger partial charge in [-0.2, -0.15) is 0 Å². The number of hydrogen-bond acceptors (Lipinski definition) is 2. The van der Waals surface area contributed by atoms with Crippen molar-refractivity contribution in [3.8, 4) is 0 Å². The lowest BCUT2D eigenvalue weighted by Crippen LogP contribution is -2.18. The molecule has 0 amide bonds. The molecule has 0 radical (unpaired) electrons. The second-order valence-electron chi connectivity index (χ2n) is 2.26. The standard InChI is InChI=1S/C7H9N3/c1-2-8-5-6(1)7-9-3-4-10-7/h1-2,5,8H,3-4H2,(H,9,10). The lowest BCUT2D eigenvalue weighted by Gasteiger charge is -1.95. The molecule has 52 valence electrons. The molecular formula is C7H9N3. The molecule has 2 rings (SSSR count). The summed E-state index contributed by atoms with van der Waals surface area (Å²) < 4.78 is 0. The third-order valence-corrected chi connectivity index (χ3v) is 1.55. The van der Waals surface area contributed by atoms with E-state index < -0.39 is 0 Å².